The fourth-order valence-corrected chi connectivity index (χ4v) is 8.46. The minimum absolute atomic E-state index is 0.258. The molecule has 53 heavy (non-hydrogen) atoms. The number of nitrogens with zero attached hydrogens (tertiary/aromatic N) is 3. The van der Waals surface area contributed by atoms with Gasteiger partial charge in [-0.1, -0.05) is 127 Å². The van der Waals surface area contributed by atoms with Crippen LogP contribution in [-0.2, 0) is 12.8 Å². The van der Waals surface area contributed by atoms with E-state index in [-0.39, 0.29) is 5.92 Å². The first-order valence-electron chi connectivity index (χ1n) is 18.4. The second-order valence-electron chi connectivity index (χ2n) is 14.2. The fourth-order valence-electron chi connectivity index (χ4n) is 8.46. The second-order valence-corrected chi connectivity index (χ2v) is 14.2. The maximum atomic E-state index is 6.60. The van der Waals surface area contributed by atoms with Crippen molar-refractivity contribution in [3.05, 3.63) is 180 Å². The third kappa shape index (κ3) is 4.94. The van der Waals surface area contributed by atoms with Gasteiger partial charge in [0.15, 0.2) is 0 Å². The molecule has 9 aromatic rings. The average Bonchev–Trinajstić information content (AvgIpc) is 3.62. The molecule has 0 spiro atoms. The Hall–Kier alpha value is -6.65. The van der Waals surface area contributed by atoms with Gasteiger partial charge in [-0.25, -0.2) is 15.0 Å². The lowest BCUT2D eigenvalue weighted by molar-refractivity contribution is 0.622. The Morgan fingerprint density at radius 1 is 0.566 bits per heavy atom. The van der Waals surface area contributed by atoms with Crippen LogP contribution < -0.4 is 0 Å². The Bertz CT molecular complexity index is 2990. The summed E-state index contributed by atoms with van der Waals surface area (Å²) in [6.07, 6.45) is 9.66. The predicted octanol–water partition coefficient (Wildman–Crippen LogP) is 12.3. The second kappa shape index (κ2) is 12.0. The molecule has 5 aromatic carbocycles. The number of allylic oxidation sites excluding steroid dienone is 4. The molecule has 0 saturated heterocycles. The van der Waals surface area contributed by atoms with Crippen LogP contribution in [0.2, 0.25) is 0 Å². The van der Waals surface area contributed by atoms with Crippen molar-refractivity contribution in [2.45, 2.75) is 25.2 Å². The van der Waals surface area contributed by atoms with Crippen molar-refractivity contribution in [3.63, 3.8) is 0 Å². The summed E-state index contributed by atoms with van der Waals surface area (Å²) in [5.74, 6) is 1.26. The molecule has 0 saturated carbocycles. The van der Waals surface area contributed by atoms with Crippen LogP contribution in [0.3, 0.4) is 0 Å². The molecule has 0 radical (unpaired) electrons. The van der Waals surface area contributed by atoms with Crippen molar-refractivity contribution in [1.29, 1.82) is 0 Å². The maximum Gasteiger partial charge on any atom is 0.139 e. The summed E-state index contributed by atoms with van der Waals surface area (Å²) in [6, 6.07) is 49.1. The van der Waals surface area contributed by atoms with Gasteiger partial charge in [0.25, 0.3) is 0 Å². The van der Waals surface area contributed by atoms with Crippen LogP contribution in [0.25, 0.3) is 83.1 Å². The van der Waals surface area contributed by atoms with Gasteiger partial charge >= 0.3 is 0 Å². The molecular weight excluding hydrogens is 647 g/mol. The number of fused-ring (bicyclic) bond motifs is 10. The number of aromatic nitrogens is 3. The zero-order valence-electron chi connectivity index (χ0n) is 29.0. The smallest absolute Gasteiger partial charge is 0.139 e. The highest BCUT2D eigenvalue weighted by Crippen LogP contribution is 2.46. The van der Waals surface area contributed by atoms with E-state index in [4.69, 9.17) is 19.4 Å². The predicted molar refractivity (Wildman–Crippen MR) is 217 cm³/mol. The number of rotatable bonds is 4. The zero-order valence-corrected chi connectivity index (χ0v) is 29.0. The maximum absolute atomic E-state index is 6.60. The molecule has 4 heterocycles. The van der Waals surface area contributed by atoms with E-state index >= 15 is 0 Å². The highest BCUT2D eigenvalue weighted by atomic mass is 16.3. The van der Waals surface area contributed by atoms with Crippen molar-refractivity contribution < 1.29 is 4.42 Å². The Morgan fingerprint density at radius 3 is 2.09 bits per heavy atom. The number of pyridine rings is 3. The van der Waals surface area contributed by atoms with E-state index in [1.165, 1.54) is 27.6 Å². The van der Waals surface area contributed by atoms with Gasteiger partial charge in [0.05, 0.1) is 33.6 Å². The molecular formula is C49H33N3O. The molecule has 4 heteroatoms. The van der Waals surface area contributed by atoms with Crippen molar-refractivity contribution >= 4 is 49.3 Å². The van der Waals surface area contributed by atoms with E-state index in [0.717, 1.165) is 97.1 Å². The lowest BCUT2D eigenvalue weighted by Crippen LogP contribution is -2.07. The molecule has 11 rings (SSSR count). The molecule has 4 nitrogen and oxygen atoms in total. The summed E-state index contributed by atoms with van der Waals surface area (Å²) in [4.78, 5) is 15.6. The molecule has 0 amide bonds. The van der Waals surface area contributed by atoms with E-state index in [0.29, 0.717) is 0 Å². The molecule has 4 aromatic heterocycles. The van der Waals surface area contributed by atoms with E-state index in [1.54, 1.807) is 0 Å². The monoisotopic (exact) mass is 679 g/mol. The quantitative estimate of drug-likeness (QED) is 0.174. The van der Waals surface area contributed by atoms with Crippen molar-refractivity contribution in [1.82, 2.24) is 15.0 Å². The van der Waals surface area contributed by atoms with Crippen LogP contribution in [-0.4, -0.2) is 15.0 Å². The van der Waals surface area contributed by atoms with Gasteiger partial charge in [-0.3, -0.25) is 0 Å². The van der Waals surface area contributed by atoms with Crippen molar-refractivity contribution in [2.75, 3.05) is 0 Å². The Labute approximate surface area is 306 Å². The van der Waals surface area contributed by atoms with Crippen molar-refractivity contribution in [3.8, 4) is 33.8 Å². The van der Waals surface area contributed by atoms with E-state index in [9.17, 15) is 0 Å². The van der Waals surface area contributed by atoms with Gasteiger partial charge in [0.1, 0.15) is 11.3 Å². The lowest BCUT2D eigenvalue weighted by atomic mass is 9.84. The number of benzene rings is 5. The van der Waals surface area contributed by atoms with Crippen LogP contribution in [0.15, 0.2) is 162 Å². The molecule has 1 atom stereocenters. The minimum Gasteiger partial charge on any atom is -0.456 e. The minimum atomic E-state index is 0.258. The third-order valence-electron chi connectivity index (χ3n) is 11.1. The fraction of sp³-hybridized carbons (Fsp3) is 0.0816. The first-order chi connectivity index (χ1) is 26.2. The Kier molecular flexibility index (Phi) is 6.78. The standard InChI is InChI=1S/C49H33N3O/c1-2-9-31(10-3-1)41-27-23-33-21-22-34-24-28-42(51-48(34)47(33)50-41)32-19-17-30(18-20-32)35-11-8-12-36(29-35)46-40-26-25-38-37-13-5-7-16-44(37)53-49(38)45(40)39-14-4-6-15-43(39)52-46/h1-17,19-24,27-30H,18,25-26H2. The largest absolute Gasteiger partial charge is 0.456 e. The third-order valence-corrected chi connectivity index (χ3v) is 11.1. The number of aryl methyl sites for hydroxylation is 1. The summed E-state index contributed by atoms with van der Waals surface area (Å²) in [5, 5.41) is 4.55. The van der Waals surface area contributed by atoms with Crippen LogP contribution in [0.1, 0.15) is 34.7 Å². The molecule has 250 valence electrons. The molecule has 2 aliphatic carbocycles. The van der Waals surface area contributed by atoms with Crippen LogP contribution in [0, 0.1) is 0 Å². The summed E-state index contributed by atoms with van der Waals surface area (Å²) in [7, 11) is 0. The molecule has 2 aliphatic rings. The van der Waals surface area contributed by atoms with Crippen LogP contribution >= 0.6 is 0 Å². The SMILES string of the molecule is C1=CC(c2cccc(-c3nc4ccccc4c4c3CCc3c-4oc4ccccc34)c2)CC=C1c1ccc2ccc3ccc(-c4ccccc4)nc3c2n1. The molecule has 1 unspecified atom stereocenters. The van der Waals surface area contributed by atoms with Gasteiger partial charge in [0, 0.05) is 49.7 Å². The van der Waals surface area contributed by atoms with Crippen molar-refractivity contribution in [2.24, 2.45) is 0 Å². The van der Waals surface area contributed by atoms with E-state index in [2.05, 4.69) is 152 Å². The van der Waals surface area contributed by atoms with Gasteiger partial charge in [0.2, 0.25) is 0 Å². The van der Waals surface area contributed by atoms with Gasteiger partial charge < -0.3 is 4.42 Å². The van der Waals surface area contributed by atoms with Gasteiger partial charge in [-0.2, -0.15) is 0 Å². The van der Waals surface area contributed by atoms with E-state index < -0.39 is 0 Å². The normalized spacial score (nSPS) is 15.2. The summed E-state index contributed by atoms with van der Waals surface area (Å²) in [5.41, 5.74) is 15.2. The molecule has 0 bridgehead atoms. The van der Waals surface area contributed by atoms with Gasteiger partial charge in [-0.05, 0) is 66.3 Å². The summed E-state index contributed by atoms with van der Waals surface area (Å²) in [6.45, 7) is 0. The topological polar surface area (TPSA) is 51.8 Å². The number of hydrogen-bond acceptors (Lipinski definition) is 4. The first-order valence-corrected chi connectivity index (χ1v) is 18.4. The zero-order chi connectivity index (χ0) is 34.9. The average molecular weight is 680 g/mol. The molecule has 0 aliphatic heterocycles. The molecule has 0 fully saturated rings. The van der Waals surface area contributed by atoms with E-state index in [1.807, 2.05) is 6.07 Å². The van der Waals surface area contributed by atoms with Crippen LogP contribution in [0.4, 0.5) is 0 Å². The summed E-state index contributed by atoms with van der Waals surface area (Å²) < 4.78 is 6.60. The Balaban J connectivity index is 0.936. The highest BCUT2D eigenvalue weighted by molar-refractivity contribution is 6.04. The summed E-state index contributed by atoms with van der Waals surface area (Å²) >= 11 is 0. The van der Waals surface area contributed by atoms with Gasteiger partial charge in [-0.15, -0.1) is 0 Å². The molecule has 0 N–H and O–H groups in total. The highest BCUT2D eigenvalue weighted by Gasteiger charge is 2.28. The first kappa shape index (κ1) is 30.0. The number of furan rings is 1. The Morgan fingerprint density at radius 2 is 1.26 bits per heavy atom. The van der Waals surface area contributed by atoms with Crippen LogP contribution in [0.5, 0.6) is 0 Å². The number of hydrogen-bond donors (Lipinski definition) is 0. The lowest BCUT2D eigenvalue weighted by Gasteiger charge is -2.22. The number of para-hydroxylation sites is 2.